The molecule has 3 aromatic heterocycles. The van der Waals surface area contributed by atoms with Gasteiger partial charge in [-0.05, 0) is 75.8 Å². The Hall–Kier alpha value is -3.37. The highest BCUT2D eigenvalue weighted by atomic mass is 32.2. The molecule has 0 saturated heterocycles. The van der Waals surface area contributed by atoms with Gasteiger partial charge in [0.05, 0.1) is 22.6 Å². The molecule has 10 heteroatoms. The quantitative estimate of drug-likeness (QED) is 0.304. The number of fused-ring (bicyclic) bond motifs is 1. The number of aromatic nitrogens is 6. The normalized spacial score (nSPS) is 15.0. The molecule has 38 heavy (non-hydrogen) atoms. The van der Waals surface area contributed by atoms with Crippen molar-refractivity contribution in [3.63, 3.8) is 0 Å². The van der Waals surface area contributed by atoms with Crippen molar-refractivity contribution in [1.82, 2.24) is 29.5 Å². The number of hydrogen-bond acceptors (Lipinski definition) is 8. The molecule has 2 atom stereocenters. The zero-order valence-corrected chi connectivity index (χ0v) is 23.3. The van der Waals surface area contributed by atoms with Crippen LogP contribution in [-0.2, 0) is 17.7 Å². The topological polar surface area (TPSA) is 122 Å². The maximum atomic E-state index is 13.7. The lowest BCUT2D eigenvalue weighted by atomic mass is 10.1. The van der Waals surface area contributed by atoms with Gasteiger partial charge in [-0.1, -0.05) is 19.1 Å². The third-order valence-electron chi connectivity index (χ3n) is 7.11. The number of aryl methyl sites for hydroxylation is 2. The molecule has 0 amide bonds. The third kappa shape index (κ3) is 5.02. The van der Waals surface area contributed by atoms with Crippen molar-refractivity contribution in [3.8, 4) is 11.4 Å². The smallest absolute Gasteiger partial charge is 0.295 e. The molecule has 0 spiro atoms. The minimum Gasteiger partial charge on any atom is -0.611 e. The first-order chi connectivity index (χ1) is 18.3. The van der Waals surface area contributed by atoms with Crippen molar-refractivity contribution < 1.29 is 4.55 Å². The van der Waals surface area contributed by atoms with E-state index in [1.165, 1.54) is 0 Å². The van der Waals surface area contributed by atoms with Crippen LogP contribution in [0.5, 0.6) is 0 Å². The van der Waals surface area contributed by atoms with Gasteiger partial charge in [-0.25, -0.2) is 24.9 Å². The fourth-order valence-electron chi connectivity index (χ4n) is 4.59. The van der Waals surface area contributed by atoms with Gasteiger partial charge in [-0.15, -0.1) is 0 Å². The molecule has 0 radical (unpaired) electrons. The number of rotatable bonds is 9. The standard InChI is InChI=1S/C28H33N7O2S/c1-6-16(3)35-27-23(18(5)32-25(34-27)22-17(4)30-15-31-24(22)20-10-11-20)33-26(28(35)36)29-14-19-8-12-21(13-9-19)38(37)7-2/h8-9,12-13,15-16,20H,6-7,10-11,14H2,1-5H3,(H,29,33)/t16-,38?/m1/s1. The van der Waals surface area contributed by atoms with Crippen molar-refractivity contribution in [3.05, 3.63) is 63.6 Å². The summed E-state index contributed by atoms with van der Waals surface area (Å²) in [6.45, 7) is 10.2. The first-order valence-corrected chi connectivity index (χ1v) is 14.5. The molecule has 0 bridgehead atoms. The molecule has 0 aliphatic heterocycles. The van der Waals surface area contributed by atoms with Crippen LogP contribution < -0.4 is 10.9 Å². The van der Waals surface area contributed by atoms with Crippen LogP contribution in [0, 0.1) is 13.8 Å². The lowest BCUT2D eigenvalue weighted by Crippen LogP contribution is -2.28. The lowest BCUT2D eigenvalue weighted by Gasteiger charge is -2.19. The van der Waals surface area contributed by atoms with Crippen LogP contribution in [0.3, 0.4) is 0 Å². The lowest BCUT2D eigenvalue weighted by molar-refractivity contribution is 0.526. The van der Waals surface area contributed by atoms with E-state index in [0.29, 0.717) is 40.9 Å². The van der Waals surface area contributed by atoms with E-state index in [4.69, 9.17) is 15.0 Å². The SMILES string of the molecule is CC[C@@H](C)n1c(=O)c(NCc2ccc([S+]([O-])CC)cc2)nc2c(C)nc(-c3c(C)ncnc3C3CC3)nc21. The summed E-state index contributed by atoms with van der Waals surface area (Å²) in [5.41, 5.74) is 5.23. The van der Waals surface area contributed by atoms with Crippen molar-refractivity contribution in [2.75, 3.05) is 11.1 Å². The Morgan fingerprint density at radius 2 is 1.82 bits per heavy atom. The Bertz CT molecular complexity index is 1530. The summed E-state index contributed by atoms with van der Waals surface area (Å²) in [7, 11) is 0. The molecule has 198 valence electrons. The van der Waals surface area contributed by atoms with Gasteiger partial charge in [-0.2, -0.15) is 0 Å². The van der Waals surface area contributed by atoms with Gasteiger partial charge in [0.2, 0.25) is 0 Å². The molecular weight excluding hydrogens is 498 g/mol. The van der Waals surface area contributed by atoms with Crippen molar-refractivity contribution in [2.24, 2.45) is 0 Å². The van der Waals surface area contributed by atoms with Gasteiger partial charge in [0, 0.05) is 18.5 Å². The van der Waals surface area contributed by atoms with Crippen molar-refractivity contribution in [2.45, 2.75) is 77.3 Å². The van der Waals surface area contributed by atoms with E-state index in [2.05, 4.69) is 15.3 Å². The molecule has 1 aliphatic carbocycles. The predicted octanol–water partition coefficient (Wildman–Crippen LogP) is 4.85. The van der Waals surface area contributed by atoms with E-state index in [0.717, 1.165) is 46.7 Å². The van der Waals surface area contributed by atoms with Gasteiger partial charge in [0.25, 0.3) is 5.56 Å². The van der Waals surface area contributed by atoms with E-state index >= 15 is 0 Å². The molecule has 1 N–H and O–H groups in total. The average Bonchev–Trinajstić information content (AvgIpc) is 3.77. The minimum atomic E-state index is -0.996. The molecule has 5 rings (SSSR count). The molecular formula is C28H33N7O2S. The van der Waals surface area contributed by atoms with Gasteiger partial charge in [-0.3, -0.25) is 9.36 Å². The van der Waals surface area contributed by atoms with Gasteiger partial charge in [0.1, 0.15) is 17.6 Å². The van der Waals surface area contributed by atoms with Gasteiger partial charge < -0.3 is 9.87 Å². The Morgan fingerprint density at radius 3 is 2.47 bits per heavy atom. The van der Waals surface area contributed by atoms with E-state index in [9.17, 15) is 9.35 Å². The highest BCUT2D eigenvalue weighted by Crippen LogP contribution is 2.43. The number of hydrogen-bond donors (Lipinski definition) is 1. The number of benzene rings is 1. The van der Waals surface area contributed by atoms with Crippen LogP contribution in [0.1, 0.15) is 74.6 Å². The largest absolute Gasteiger partial charge is 0.611 e. The number of nitrogens with one attached hydrogen (secondary N) is 1. The molecule has 1 aliphatic rings. The molecule has 4 aromatic rings. The van der Waals surface area contributed by atoms with Crippen LogP contribution in [0.2, 0.25) is 0 Å². The summed E-state index contributed by atoms with van der Waals surface area (Å²) in [5.74, 6) is 1.79. The van der Waals surface area contributed by atoms with Crippen LogP contribution >= 0.6 is 0 Å². The van der Waals surface area contributed by atoms with Crippen LogP contribution in [0.15, 0.2) is 40.3 Å². The van der Waals surface area contributed by atoms with Gasteiger partial charge >= 0.3 is 0 Å². The Labute approximate surface area is 225 Å². The Kier molecular flexibility index (Phi) is 7.45. The van der Waals surface area contributed by atoms with Gasteiger partial charge in [0.15, 0.2) is 22.2 Å². The van der Waals surface area contributed by atoms with E-state index < -0.39 is 11.2 Å². The maximum absolute atomic E-state index is 13.7. The number of anilines is 1. The summed E-state index contributed by atoms with van der Waals surface area (Å²) >= 11 is -0.996. The second kappa shape index (κ2) is 10.8. The summed E-state index contributed by atoms with van der Waals surface area (Å²) < 4.78 is 13.8. The zero-order valence-electron chi connectivity index (χ0n) is 22.5. The van der Waals surface area contributed by atoms with E-state index in [1.807, 2.05) is 58.9 Å². The predicted molar refractivity (Wildman–Crippen MR) is 150 cm³/mol. The summed E-state index contributed by atoms with van der Waals surface area (Å²) in [4.78, 5) is 37.9. The van der Waals surface area contributed by atoms with Crippen molar-refractivity contribution >= 4 is 28.2 Å². The third-order valence-corrected chi connectivity index (χ3v) is 8.43. The second-order valence-corrected chi connectivity index (χ2v) is 11.6. The van der Waals surface area contributed by atoms with Crippen LogP contribution in [0.4, 0.5) is 5.82 Å². The molecule has 1 aromatic carbocycles. The summed E-state index contributed by atoms with van der Waals surface area (Å²) in [6, 6.07) is 7.49. The van der Waals surface area contributed by atoms with E-state index in [-0.39, 0.29) is 17.4 Å². The van der Waals surface area contributed by atoms with E-state index in [1.54, 1.807) is 10.9 Å². The molecule has 1 fully saturated rings. The first-order valence-electron chi connectivity index (χ1n) is 13.2. The molecule has 1 unspecified atom stereocenters. The average molecular weight is 532 g/mol. The zero-order chi connectivity index (χ0) is 27.0. The number of nitrogens with zero attached hydrogens (tertiary/aromatic N) is 6. The molecule has 1 saturated carbocycles. The highest BCUT2D eigenvalue weighted by Gasteiger charge is 2.30. The Morgan fingerprint density at radius 1 is 1.08 bits per heavy atom. The summed E-state index contributed by atoms with van der Waals surface area (Å²) in [6.07, 6.45) is 4.56. The highest BCUT2D eigenvalue weighted by molar-refractivity contribution is 7.91. The summed E-state index contributed by atoms with van der Waals surface area (Å²) in [5, 5.41) is 3.22. The fourth-order valence-corrected chi connectivity index (χ4v) is 5.36. The fraction of sp³-hybridized carbons (Fsp3) is 0.429. The Balaban J connectivity index is 1.57. The van der Waals surface area contributed by atoms with Crippen LogP contribution in [0.25, 0.3) is 22.6 Å². The molecule has 3 heterocycles. The van der Waals surface area contributed by atoms with Crippen LogP contribution in [-0.4, -0.2) is 39.8 Å². The monoisotopic (exact) mass is 531 g/mol. The molecule has 9 nitrogen and oxygen atoms in total. The maximum Gasteiger partial charge on any atom is 0.295 e. The first kappa shape index (κ1) is 26.2. The second-order valence-electron chi connectivity index (χ2n) is 9.82. The minimum absolute atomic E-state index is 0.0879. The van der Waals surface area contributed by atoms with Crippen molar-refractivity contribution in [1.29, 1.82) is 0 Å².